The predicted octanol–water partition coefficient (Wildman–Crippen LogP) is 1.20. The Balaban J connectivity index is 1.54. The van der Waals surface area contributed by atoms with Crippen LogP contribution in [0.2, 0.25) is 0 Å². The number of aromatic nitrogens is 3. The molecule has 3 rings (SSSR count). The second-order valence-corrected chi connectivity index (χ2v) is 5.39. The molecule has 0 bridgehead atoms. The Bertz CT molecular complexity index is 676. The summed E-state index contributed by atoms with van der Waals surface area (Å²) in [6, 6.07) is 3.20. The number of rotatable bonds is 3. The Kier molecular flexibility index (Phi) is 4.22. The number of anilines is 1. The number of carbonyl (C=O) groups excluding carboxylic acids is 1. The van der Waals surface area contributed by atoms with Gasteiger partial charge in [-0.3, -0.25) is 4.57 Å². The maximum absolute atomic E-state index is 12.0. The van der Waals surface area contributed by atoms with E-state index in [1.165, 1.54) is 17.1 Å². The van der Waals surface area contributed by atoms with E-state index < -0.39 is 5.97 Å². The van der Waals surface area contributed by atoms with Gasteiger partial charge in [-0.2, -0.15) is 0 Å². The summed E-state index contributed by atoms with van der Waals surface area (Å²) in [6.45, 7) is 1.52. The lowest BCUT2D eigenvalue weighted by Crippen LogP contribution is -2.45. The van der Waals surface area contributed by atoms with Crippen molar-refractivity contribution < 1.29 is 14.7 Å². The van der Waals surface area contributed by atoms with Gasteiger partial charge in [0, 0.05) is 37.7 Å². The van der Waals surface area contributed by atoms with Gasteiger partial charge in [0.25, 0.3) is 0 Å². The SMILES string of the molecule is O=C(O)c1ccc(N2CCC(NC(=O)n3ccnc3)CC2)nc1. The molecular weight excluding hydrogens is 298 g/mol. The molecule has 1 aliphatic heterocycles. The Morgan fingerprint density at radius 1 is 1.26 bits per heavy atom. The number of hydrogen-bond donors (Lipinski definition) is 2. The number of nitrogens with zero attached hydrogens (tertiary/aromatic N) is 4. The fourth-order valence-electron chi connectivity index (χ4n) is 2.58. The Morgan fingerprint density at radius 3 is 2.61 bits per heavy atom. The highest BCUT2D eigenvalue weighted by molar-refractivity contribution is 5.87. The van der Waals surface area contributed by atoms with Gasteiger partial charge in [-0.15, -0.1) is 0 Å². The molecule has 0 unspecified atom stereocenters. The standard InChI is InChI=1S/C15H17N5O3/c21-14(22)11-1-2-13(17-9-11)19-6-3-12(4-7-19)18-15(23)20-8-5-16-10-20/h1-2,5,8-10,12H,3-4,6-7H2,(H,18,23)(H,21,22). The fourth-order valence-corrected chi connectivity index (χ4v) is 2.58. The summed E-state index contributed by atoms with van der Waals surface area (Å²) in [5, 5.41) is 11.9. The van der Waals surface area contributed by atoms with Gasteiger partial charge in [0.15, 0.2) is 0 Å². The highest BCUT2D eigenvalue weighted by atomic mass is 16.4. The molecule has 2 aromatic heterocycles. The van der Waals surface area contributed by atoms with Crippen LogP contribution in [-0.4, -0.2) is 50.8 Å². The van der Waals surface area contributed by atoms with E-state index in [4.69, 9.17) is 5.11 Å². The van der Waals surface area contributed by atoms with E-state index in [1.807, 2.05) is 0 Å². The van der Waals surface area contributed by atoms with Crippen LogP contribution in [0.1, 0.15) is 23.2 Å². The number of nitrogens with one attached hydrogen (secondary N) is 1. The van der Waals surface area contributed by atoms with E-state index in [9.17, 15) is 9.59 Å². The summed E-state index contributed by atoms with van der Waals surface area (Å²) in [4.78, 5) is 32.9. The predicted molar refractivity (Wildman–Crippen MR) is 82.6 cm³/mol. The number of aromatic carboxylic acids is 1. The molecule has 0 aliphatic carbocycles. The lowest BCUT2D eigenvalue weighted by atomic mass is 10.1. The van der Waals surface area contributed by atoms with E-state index in [-0.39, 0.29) is 17.6 Å². The quantitative estimate of drug-likeness (QED) is 0.883. The molecule has 2 aromatic rings. The minimum atomic E-state index is -0.982. The molecule has 1 fully saturated rings. The first-order valence-corrected chi connectivity index (χ1v) is 7.36. The third kappa shape index (κ3) is 3.47. The average Bonchev–Trinajstić information content (AvgIpc) is 3.10. The molecule has 0 spiro atoms. The first-order chi connectivity index (χ1) is 11.1. The highest BCUT2D eigenvalue weighted by Crippen LogP contribution is 2.18. The van der Waals surface area contributed by atoms with Crippen LogP contribution in [0, 0.1) is 0 Å². The topological polar surface area (TPSA) is 100 Å². The molecule has 0 radical (unpaired) electrons. The van der Waals surface area contributed by atoms with E-state index in [0.29, 0.717) is 0 Å². The second kappa shape index (κ2) is 6.47. The normalized spacial score (nSPS) is 15.4. The molecule has 3 heterocycles. The summed E-state index contributed by atoms with van der Waals surface area (Å²) in [7, 11) is 0. The number of piperidine rings is 1. The van der Waals surface area contributed by atoms with Crippen LogP contribution in [0.25, 0.3) is 0 Å². The van der Waals surface area contributed by atoms with Crippen LogP contribution in [0.3, 0.4) is 0 Å². The summed E-state index contributed by atoms with van der Waals surface area (Å²) in [5.74, 6) is -0.223. The van der Waals surface area contributed by atoms with Crippen LogP contribution in [0.4, 0.5) is 10.6 Å². The van der Waals surface area contributed by atoms with Crippen molar-refractivity contribution in [2.45, 2.75) is 18.9 Å². The van der Waals surface area contributed by atoms with Crippen LogP contribution in [0.5, 0.6) is 0 Å². The first kappa shape index (κ1) is 15.0. The third-order valence-corrected chi connectivity index (χ3v) is 3.88. The Hall–Kier alpha value is -2.90. The minimum Gasteiger partial charge on any atom is -0.478 e. The van der Waals surface area contributed by atoms with Crippen molar-refractivity contribution in [3.05, 3.63) is 42.6 Å². The summed E-state index contributed by atoms with van der Waals surface area (Å²) >= 11 is 0. The number of imidazole rings is 1. The summed E-state index contributed by atoms with van der Waals surface area (Å²) in [5.41, 5.74) is 0.177. The largest absolute Gasteiger partial charge is 0.478 e. The van der Waals surface area contributed by atoms with Crippen molar-refractivity contribution in [2.24, 2.45) is 0 Å². The number of hydrogen-bond acceptors (Lipinski definition) is 5. The van der Waals surface area contributed by atoms with Crippen molar-refractivity contribution in [3.63, 3.8) is 0 Å². The molecule has 8 heteroatoms. The van der Waals surface area contributed by atoms with Gasteiger partial charge in [-0.1, -0.05) is 0 Å². The third-order valence-electron chi connectivity index (χ3n) is 3.88. The Morgan fingerprint density at radius 2 is 2.04 bits per heavy atom. The highest BCUT2D eigenvalue weighted by Gasteiger charge is 2.22. The van der Waals surface area contributed by atoms with E-state index >= 15 is 0 Å². The molecule has 8 nitrogen and oxygen atoms in total. The van der Waals surface area contributed by atoms with Crippen LogP contribution < -0.4 is 10.2 Å². The van der Waals surface area contributed by atoms with E-state index in [2.05, 4.69) is 20.2 Å². The zero-order valence-corrected chi connectivity index (χ0v) is 12.4. The van der Waals surface area contributed by atoms with Crippen molar-refractivity contribution in [3.8, 4) is 0 Å². The fraction of sp³-hybridized carbons (Fsp3) is 0.333. The zero-order chi connectivity index (χ0) is 16.2. The average molecular weight is 315 g/mol. The monoisotopic (exact) mass is 315 g/mol. The van der Waals surface area contributed by atoms with Crippen molar-refractivity contribution >= 4 is 17.8 Å². The minimum absolute atomic E-state index is 0.111. The van der Waals surface area contributed by atoms with Gasteiger partial charge < -0.3 is 15.3 Å². The van der Waals surface area contributed by atoms with Gasteiger partial charge in [0.2, 0.25) is 0 Å². The molecular formula is C15H17N5O3. The van der Waals surface area contributed by atoms with Crippen molar-refractivity contribution in [1.82, 2.24) is 19.9 Å². The number of carbonyl (C=O) groups is 2. The second-order valence-electron chi connectivity index (χ2n) is 5.39. The van der Waals surface area contributed by atoms with Crippen LogP contribution in [0.15, 0.2) is 37.1 Å². The summed E-state index contributed by atoms with van der Waals surface area (Å²) < 4.78 is 1.42. The van der Waals surface area contributed by atoms with E-state index in [0.717, 1.165) is 31.7 Å². The van der Waals surface area contributed by atoms with Gasteiger partial charge >= 0.3 is 12.0 Å². The maximum atomic E-state index is 12.0. The number of carboxylic acids is 1. The number of pyridine rings is 1. The van der Waals surface area contributed by atoms with Crippen molar-refractivity contribution in [2.75, 3.05) is 18.0 Å². The number of carboxylic acid groups (broad SMARTS) is 1. The van der Waals surface area contributed by atoms with Crippen molar-refractivity contribution in [1.29, 1.82) is 0 Å². The van der Waals surface area contributed by atoms with Crippen LogP contribution in [-0.2, 0) is 0 Å². The molecule has 1 aliphatic rings. The molecule has 0 aromatic carbocycles. The molecule has 1 amide bonds. The molecule has 0 saturated carbocycles. The Labute approximate surface area is 132 Å². The van der Waals surface area contributed by atoms with Gasteiger partial charge in [0.1, 0.15) is 12.1 Å². The smallest absolute Gasteiger partial charge is 0.337 e. The lowest BCUT2D eigenvalue weighted by molar-refractivity contribution is 0.0696. The molecule has 0 atom stereocenters. The molecule has 120 valence electrons. The first-order valence-electron chi connectivity index (χ1n) is 7.36. The number of amides is 1. The van der Waals surface area contributed by atoms with E-state index in [1.54, 1.807) is 24.5 Å². The van der Waals surface area contributed by atoms with Gasteiger partial charge in [0.05, 0.1) is 5.56 Å². The maximum Gasteiger partial charge on any atom is 0.337 e. The zero-order valence-electron chi connectivity index (χ0n) is 12.4. The van der Waals surface area contributed by atoms with Crippen LogP contribution >= 0.6 is 0 Å². The van der Waals surface area contributed by atoms with Gasteiger partial charge in [-0.25, -0.2) is 19.6 Å². The van der Waals surface area contributed by atoms with Gasteiger partial charge in [-0.05, 0) is 25.0 Å². The summed E-state index contributed by atoms with van der Waals surface area (Å²) in [6.07, 6.45) is 7.63. The molecule has 1 saturated heterocycles. The molecule has 23 heavy (non-hydrogen) atoms. The molecule has 2 N–H and O–H groups in total. The lowest BCUT2D eigenvalue weighted by Gasteiger charge is -2.33.